The summed E-state index contributed by atoms with van der Waals surface area (Å²) in [7, 11) is 0. The van der Waals surface area contributed by atoms with Gasteiger partial charge in [-0.15, -0.1) is 0 Å². The molecule has 0 saturated carbocycles. The molecule has 1 amide bonds. The van der Waals surface area contributed by atoms with Crippen molar-refractivity contribution in [3.8, 4) is 0 Å². The van der Waals surface area contributed by atoms with Crippen LogP contribution in [-0.2, 0) is 9.53 Å². The van der Waals surface area contributed by atoms with Crippen LogP contribution in [0, 0.1) is 5.92 Å². The van der Waals surface area contributed by atoms with E-state index in [0.29, 0.717) is 41.9 Å². The van der Waals surface area contributed by atoms with E-state index in [2.05, 4.69) is 5.32 Å². The number of benzene rings is 1. The van der Waals surface area contributed by atoms with Gasteiger partial charge in [0.1, 0.15) is 0 Å². The molecule has 16 heavy (non-hydrogen) atoms. The second-order valence-corrected chi connectivity index (χ2v) is 4.30. The predicted molar refractivity (Wildman–Crippen MR) is 63.4 cm³/mol. The SMILES string of the molecule is Nc1ccc(NC(=O)CC2COC2)c(Cl)c1. The first-order valence-corrected chi connectivity index (χ1v) is 5.45. The second kappa shape index (κ2) is 4.72. The van der Waals surface area contributed by atoms with E-state index >= 15 is 0 Å². The molecule has 1 aromatic rings. The van der Waals surface area contributed by atoms with Crippen molar-refractivity contribution in [3.05, 3.63) is 23.2 Å². The molecule has 0 aromatic heterocycles. The first kappa shape index (κ1) is 11.2. The van der Waals surface area contributed by atoms with Gasteiger partial charge < -0.3 is 15.8 Å². The smallest absolute Gasteiger partial charge is 0.224 e. The number of hydrogen-bond donors (Lipinski definition) is 2. The van der Waals surface area contributed by atoms with Crippen LogP contribution in [0.4, 0.5) is 11.4 Å². The number of carbonyl (C=O) groups is 1. The van der Waals surface area contributed by atoms with Gasteiger partial charge in [0.25, 0.3) is 0 Å². The van der Waals surface area contributed by atoms with E-state index in [1.165, 1.54) is 0 Å². The van der Waals surface area contributed by atoms with Gasteiger partial charge in [0.15, 0.2) is 0 Å². The van der Waals surface area contributed by atoms with Crippen LogP contribution < -0.4 is 11.1 Å². The number of nitrogen functional groups attached to an aromatic ring is 1. The molecule has 0 spiro atoms. The average Bonchev–Trinajstić information content (AvgIpc) is 2.16. The minimum absolute atomic E-state index is 0.0417. The van der Waals surface area contributed by atoms with Gasteiger partial charge in [0, 0.05) is 18.0 Å². The van der Waals surface area contributed by atoms with E-state index in [1.807, 2.05) is 0 Å². The molecule has 2 rings (SSSR count). The molecule has 1 aromatic carbocycles. The molecule has 3 N–H and O–H groups in total. The van der Waals surface area contributed by atoms with E-state index in [9.17, 15) is 4.79 Å². The maximum atomic E-state index is 11.6. The summed E-state index contributed by atoms with van der Waals surface area (Å²) in [5.41, 5.74) is 6.73. The molecule has 1 fully saturated rings. The predicted octanol–water partition coefficient (Wildman–Crippen LogP) is 1.90. The van der Waals surface area contributed by atoms with Gasteiger partial charge in [-0.3, -0.25) is 4.79 Å². The highest BCUT2D eigenvalue weighted by Crippen LogP contribution is 2.24. The number of halogens is 1. The zero-order valence-electron chi connectivity index (χ0n) is 8.70. The minimum Gasteiger partial charge on any atom is -0.399 e. The third-order valence-electron chi connectivity index (χ3n) is 2.45. The number of amides is 1. The minimum atomic E-state index is -0.0417. The zero-order chi connectivity index (χ0) is 11.5. The van der Waals surface area contributed by atoms with Gasteiger partial charge >= 0.3 is 0 Å². The first-order valence-electron chi connectivity index (χ1n) is 5.08. The Kier molecular flexibility index (Phi) is 3.31. The molecule has 86 valence electrons. The van der Waals surface area contributed by atoms with E-state index in [4.69, 9.17) is 22.1 Å². The van der Waals surface area contributed by atoms with Crippen molar-refractivity contribution in [3.63, 3.8) is 0 Å². The Labute approximate surface area is 98.7 Å². The van der Waals surface area contributed by atoms with Crippen molar-refractivity contribution in [1.29, 1.82) is 0 Å². The molecule has 1 saturated heterocycles. The Balaban J connectivity index is 1.94. The quantitative estimate of drug-likeness (QED) is 0.793. The fraction of sp³-hybridized carbons (Fsp3) is 0.364. The molecule has 1 heterocycles. The molecule has 4 nitrogen and oxygen atoms in total. The number of carbonyl (C=O) groups excluding carboxylic acids is 1. The molecule has 0 atom stereocenters. The lowest BCUT2D eigenvalue weighted by atomic mass is 10.0. The Morgan fingerprint density at radius 2 is 2.31 bits per heavy atom. The van der Waals surface area contributed by atoms with Crippen molar-refractivity contribution in [2.45, 2.75) is 6.42 Å². The molecule has 0 aliphatic carbocycles. The Bertz CT molecular complexity index is 405. The largest absolute Gasteiger partial charge is 0.399 e. The topological polar surface area (TPSA) is 64.3 Å². The summed E-state index contributed by atoms with van der Waals surface area (Å²) >= 11 is 5.94. The number of anilines is 2. The summed E-state index contributed by atoms with van der Waals surface area (Å²) in [6, 6.07) is 5.02. The van der Waals surface area contributed by atoms with Crippen LogP contribution in [0.25, 0.3) is 0 Å². The van der Waals surface area contributed by atoms with Crippen molar-refractivity contribution >= 4 is 28.9 Å². The normalized spacial score (nSPS) is 15.6. The molecule has 1 aliphatic rings. The van der Waals surface area contributed by atoms with Gasteiger partial charge in [-0.2, -0.15) is 0 Å². The molecule has 0 unspecified atom stereocenters. The van der Waals surface area contributed by atoms with Crippen LogP contribution in [0.3, 0.4) is 0 Å². The number of hydrogen-bond acceptors (Lipinski definition) is 3. The molecule has 5 heteroatoms. The summed E-state index contributed by atoms with van der Waals surface area (Å²) in [5, 5.41) is 3.21. The summed E-state index contributed by atoms with van der Waals surface area (Å²) in [4.78, 5) is 11.6. The van der Waals surface area contributed by atoms with Crippen molar-refractivity contribution in [2.24, 2.45) is 5.92 Å². The maximum Gasteiger partial charge on any atom is 0.224 e. The lowest BCUT2D eigenvalue weighted by Crippen LogP contribution is -2.31. The number of rotatable bonds is 3. The van der Waals surface area contributed by atoms with Crippen molar-refractivity contribution in [1.82, 2.24) is 0 Å². The number of ether oxygens (including phenoxy) is 1. The molecule has 1 aliphatic heterocycles. The van der Waals surface area contributed by atoms with E-state index < -0.39 is 0 Å². The fourth-order valence-corrected chi connectivity index (χ4v) is 1.73. The molecule has 0 bridgehead atoms. The third-order valence-corrected chi connectivity index (χ3v) is 2.76. The summed E-state index contributed by atoms with van der Waals surface area (Å²) < 4.78 is 5.00. The van der Waals surface area contributed by atoms with Gasteiger partial charge in [-0.1, -0.05) is 11.6 Å². The highest BCUT2D eigenvalue weighted by molar-refractivity contribution is 6.34. The average molecular weight is 241 g/mol. The lowest BCUT2D eigenvalue weighted by molar-refractivity contribution is -0.121. The Morgan fingerprint density at radius 1 is 1.56 bits per heavy atom. The van der Waals surface area contributed by atoms with E-state index in [-0.39, 0.29) is 5.91 Å². The van der Waals surface area contributed by atoms with Gasteiger partial charge in [-0.05, 0) is 18.2 Å². The maximum absolute atomic E-state index is 11.6. The highest BCUT2D eigenvalue weighted by Gasteiger charge is 2.21. The van der Waals surface area contributed by atoms with Crippen LogP contribution >= 0.6 is 11.6 Å². The van der Waals surface area contributed by atoms with Crippen LogP contribution in [0.5, 0.6) is 0 Å². The highest BCUT2D eigenvalue weighted by atomic mass is 35.5. The van der Waals surface area contributed by atoms with Gasteiger partial charge in [-0.25, -0.2) is 0 Å². The summed E-state index contributed by atoms with van der Waals surface area (Å²) in [6.45, 7) is 1.34. The Morgan fingerprint density at radius 3 is 2.88 bits per heavy atom. The molecular formula is C11H13ClN2O2. The van der Waals surface area contributed by atoms with Crippen LogP contribution in [0.2, 0.25) is 5.02 Å². The lowest BCUT2D eigenvalue weighted by Gasteiger charge is -2.25. The molecule has 0 radical (unpaired) electrons. The van der Waals surface area contributed by atoms with E-state index in [0.717, 1.165) is 0 Å². The summed E-state index contributed by atoms with van der Waals surface area (Å²) in [6.07, 6.45) is 0.473. The standard InChI is InChI=1S/C11H13ClN2O2/c12-9-4-8(13)1-2-10(9)14-11(15)3-7-5-16-6-7/h1-2,4,7H,3,5-6,13H2,(H,14,15). The number of nitrogens with two attached hydrogens (primary N) is 1. The van der Waals surface area contributed by atoms with Crippen LogP contribution in [0.15, 0.2) is 18.2 Å². The van der Waals surface area contributed by atoms with Crippen molar-refractivity contribution in [2.75, 3.05) is 24.3 Å². The van der Waals surface area contributed by atoms with Crippen LogP contribution in [-0.4, -0.2) is 19.1 Å². The second-order valence-electron chi connectivity index (χ2n) is 3.90. The van der Waals surface area contributed by atoms with Crippen LogP contribution in [0.1, 0.15) is 6.42 Å². The third kappa shape index (κ3) is 2.65. The first-order chi connectivity index (χ1) is 7.65. The van der Waals surface area contributed by atoms with Gasteiger partial charge in [0.2, 0.25) is 5.91 Å². The Hall–Kier alpha value is -1.26. The van der Waals surface area contributed by atoms with Crippen molar-refractivity contribution < 1.29 is 9.53 Å². The zero-order valence-corrected chi connectivity index (χ0v) is 9.46. The number of nitrogens with one attached hydrogen (secondary N) is 1. The van der Waals surface area contributed by atoms with Gasteiger partial charge in [0.05, 0.1) is 23.9 Å². The summed E-state index contributed by atoms with van der Waals surface area (Å²) in [5.74, 6) is 0.299. The molecular weight excluding hydrogens is 228 g/mol. The van der Waals surface area contributed by atoms with E-state index in [1.54, 1.807) is 18.2 Å². The monoisotopic (exact) mass is 240 g/mol. The fourth-order valence-electron chi connectivity index (χ4n) is 1.50.